The summed E-state index contributed by atoms with van der Waals surface area (Å²) in [4.78, 5) is 53.3. The molecule has 1 aromatic carbocycles. The lowest BCUT2D eigenvalue weighted by Gasteiger charge is -2.36. The van der Waals surface area contributed by atoms with E-state index in [4.69, 9.17) is 16.3 Å². The van der Waals surface area contributed by atoms with Crippen LogP contribution in [0, 0.1) is 5.82 Å². The first-order valence-electron chi connectivity index (χ1n) is 11.6. The number of imidazole rings is 1. The third-order valence-electron chi connectivity index (χ3n) is 6.86. The topological polar surface area (TPSA) is 123 Å². The first-order chi connectivity index (χ1) is 17.9. The highest BCUT2D eigenvalue weighted by molar-refractivity contribution is 6.32. The Morgan fingerprint density at radius 1 is 1.26 bits per heavy atom. The monoisotopic (exact) mass is 557 g/mol. The number of nitrogens with zero attached hydrogens (tertiary/aromatic N) is 3. The fourth-order valence-electron chi connectivity index (χ4n) is 4.89. The number of benzene rings is 1. The van der Waals surface area contributed by atoms with Gasteiger partial charge in [0.15, 0.2) is 0 Å². The highest BCUT2D eigenvalue weighted by atomic mass is 35.5. The van der Waals surface area contributed by atoms with Crippen LogP contribution in [-0.4, -0.2) is 50.4 Å². The molecule has 2 N–H and O–H groups in total. The highest BCUT2D eigenvalue weighted by Gasteiger charge is 2.43. The molecule has 3 aliphatic rings. The summed E-state index contributed by atoms with van der Waals surface area (Å²) in [6, 6.07) is -0.215. The molecule has 0 spiro atoms. The smallest absolute Gasteiger partial charge is 0.446 e. The van der Waals surface area contributed by atoms with Crippen LogP contribution in [0.2, 0.25) is 5.02 Å². The first-order valence-corrected chi connectivity index (χ1v) is 12.0. The number of carbonyl (C=O) groups excluding carboxylic acids is 4. The molecule has 4 amide bonds. The predicted octanol–water partition coefficient (Wildman–Crippen LogP) is 3.09. The molecule has 10 nitrogen and oxygen atoms in total. The largest absolute Gasteiger partial charge is 0.449 e. The van der Waals surface area contributed by atoms with Gasteiger partial charge in [-0.1, -0.05) is 11.6 Å². The van der Waals surface area contributed by atoms with Gasteiger partial charge >= 0.3 is 12.3 Å². The van der Waals surface area contributed by atoms with E-state index in [-0.39, 0.29) is 60.5 Å². The SMILES string of the molecule is O=C1CC[C@H](N2Cc3c(Cl)cc(CNC(=O)OC4CC(n5ccnc5C(F)(F)F)C4)c(F)c3C2=O)C(=O)N1. The highest BCUT2D eigenvalue weighted by Crippen LogP contribution is 2.39. The molecule has 1 saturated carbocycles. The minimum atomic E-state index is -4.60. The Morgan fingerprint density at radius 2 is 2.00 bits per heavy atom. The van der Waals surface area contributed by atoms with Gasteiger partial charge in [-0.3, -0.25) is 19.7 Å². The van der Waals surface area contributed by atoms with Crippen LogP contribution in [0.5, 0.6) is 0 Å². The lowest BCUT2D eigenvalue weighted by Crippen LogP contribution is -2.52. The number of ether oxygens (including phenoxy) is 1. The molecule has 15 heteroatoms. The van der Waals surface area contributed by atoms with E-state index >= 15 is 4.39 Å². The van der Waals surface area contributed by atoms with Crippen LogP contribution in [0.1, 0.15) is 59.0 Å². The van der Waals surface area contributed by atoms with Gasteiger partial charge in [0.25, 0.3) is 5.91 Å². The van der Waals surface area contributed by atoms with E-state index in [2.05, 4.69) is 15.6 Å². The Morgan fingerprint density at radius 3 is 2.68 bits per heavy atom. The molecule has 0 unspecified atom stereocenters. The molecule has 1 atom stereocenters. The van der Waals surface area contributed by atoms with Crippen molar-refractivity contribution in [3.63, 3.8) is 0 Å². The summed E-state index contributed by atoms with van der Waals surface area (Å²) < 4.78 is 60.5. The maximum absolute atomic E-state index is 15.3. The summed E-state index contributed by atoms with van der Waals surface area (Å²) in [5.41, 5.74) is -0.206. The quantitative estimate of drug-likeness (QED) is 0.430. The summed E-state index contributed by atoms with van der Waals surface area (Å²) >= 11 is 6.29. The zero-order chi connectivity index (χ0) is 27.4. The van der Waals surface area contributed by atoms with Crippen LogP contribution in [0.25, 0.3) is 0 Å². The van der Waals surface area contributed by atoms with E-state index < -0.39 is 59.8 Å². The average molecular weight is 558 g/mol. The number of nitrogens with one attached hydrogen (secondary N) is 2. The maximum Gasteiger partial charge on any atom is 0.449 e. The Bertz CT molecular complexity index is 1340. The molecule has 1 saturated heterocycles. The summed E-state index contributed by atoms with van der Waals surface area (Å²) in [6.07, 6.45) is -3.45. The number of fused-ring (bicyclic) bond motifs is 1. The molecule has 2 aliphatic heterocycles. The predicted molar refractivity (Wildman–Crippen MR) is 120 cm³/mol. The third-order valence-corrected chi connectivity index (χ3v) is 7.20. The van der Waals surface area contributed by atoms with Crippen molar-refractivity contribution in [3.8, 4) is 0 Å². The molecular weight excluding hydrogens is 538 g/mol. The molecule has 1 aliphatic carbocycles. The summed E-state index contributed by atoms with van der Waals surface area (Å²) in [6.45, 7) is -0.485. The van der Waals surface area contributed by atoms with Crippen molar-refractivity contribution in [2.24, 2.45) is 0 Å². The molecule has 1 aromatic heterocycles. The van der Waals surface area contributed by atoms with Crippen LogP contribution in [0.4, 0.5) is 22.4 Å². The molecule has 2 aromatic rings. The molecular formula is C23H20ClF4N5O5. The van der Waals surface area contributed by atoms with Crippen molar-refractivity contribution in [2.45, 2.75) is 63.1 Å². The Balaban J connectivity index is 1.19. The van der Waals surface area contributed by atoms with E-state index in [0.717, 1.165) is 15.7 Å². The van der Waals surface area contributed by atoms with Crippen molar-refractivity contribution < 1.29 is 41.5 Å². The van der Waals surface area contributed by atoms with E-state index in [1.807, 2.05) is 0 Å². The van der Waals surface area contributed by atoms with Crippen LogP contribution >= 0.6 is 11.6 Å². The van der Waals surface area contributed by atoms with E-state index in [0.29, 0.717) is 0 Å². The number of hydrogen-bond acceptors (Lipinski definition) is 6. The molecule has 0 bridgehead atoms. The number of imide groups is 1. The van der Waals surface area contributed by atoms with E-state index in [1.165, 1.54) is 12.3 Å². The van der Waals surface area contributed by atoms with Gasteiger partial charge in [-0.15, -0.1) is 0 Å². The van der Waals surface area contributed by atoms with Crippen LogP contribution in [0.3, 0.4) is 0 Å². The normalized spacial score (nSPS) is 23.1. The van der Waals surface area contributed by atoms with Crippen LogP contribution < -0.4 is 10.6 Å². The fraction of sp³-hybridized carbons (Fsp3) is 0.435. The van der Waals surface area contributed by atoms with Gasteiger partial charge in [-0.05, 0) is 12.5 Å². The molecule has 38 heavy (non-hydrogen) atoms. The fourth-order valence-corrected chi connectivity index (χ4v) is 5.17. The summed E-state index contributed by atoms with van der Waals surface area (Å²) in [7, 11) is 0. The van der Waals surface area contributed by atoms with Gasteiger partial charge < -0.3 is 19.5 Å². The number of rotatable bonds is 5. The van der Waals surface area contributed by atoms with Gasteiger partial charge in [0.2, 0.25) is 17.6 Å². The van der Waals surface area contributed by atoms with Crippen LogP contribution in [-0.2, 0) is 33.6 Å². The second-order valence-electron chi connectivity index (χ2n) is 9.25. The van der Waals surface area contributed by atoms with Gasteiger partial charge in [0.1, 0.15) is 18.0 Å². The molecule has 202 valence electrons. The van der Waals surface area contributed by atoms with Gasteiger partial charge in [-0.25, -0.2) is 14.2 Å². The number of hydrogen-bond donors (Lipinski definition) is 2. The maximum atomic E-state index is 15.3. The second-order valence-corrected chi connectivity index (χ2v) is 9.65. The van der Waals surface area contributed by atoms with Gasteiger partial charge in [-0.2, -0.15) is 13.2 Å². The molecule has 2 fully saturated rings. The van der Waals surface area contributed by atoms with Crippen molar-refractivity contribution in [3.05, 3.63) is 51.8 Å². The second kappa shape index (κ2) is 9.57. The summed E-state index contributed by atoms with van der Waals surface area (Å²) in [5.74, 6) is -3.79. The van der Waals surface area contributed by atoms with Crippen molar-refractivity contribution >= 4 is 35.4 Å². The average Bonchev–Trinajstić information content (AvgIpc) is 3.43. The molecule has 3 heterocycles. The number of piperidine rings is 1. The number of aromatic nitrogens is 2. The summed E-state index contributed by atoms with van der Waals surface area (Å²) in [5, 5.41) is 4.58. The van der Waals surface area contributed by atoms with Crippen molar-refractivity contribution in [1.82, 2.24) is 25.1 Å². The number of carbonyl (C=O) groups is 4. The Hall–Kier alpha value is -3.68. The lowest BCUT2D eigenvalue weighted by molar-refractivity contribution is -0.149. The molecule has 0 radical (unpaired) electrons. The van der Waals surface area contributed by atoms with E-state index in [1.54, 1.807) is 0 Å². The minimum Gasteiger partial charge on any atom is -0.446 e. The zero-order valence-electron chi connectivity index (χ0n) is 19.5. The van der Waals surface area contributed by atoms with Gasteiger partial charge in [0.05, 0.1) is 5.56 Å². The Labute approximate surface area is 217 Å². The third kappa shape index (κ3) is 4.68. The van der Waals surface area contributed by atoms with E-state index in [9.17, 15) is 32.3 Å². The Kier molecular flexibility index (Phi) is 6.53. The van der Waals surface area contributed by atoms with Crippen molar-refractivity contribution in [2.75, 3.05) is 0 Å². The lowest BCUT2D eigenvalue weighted by atomic mass is 9.89. The number of amides is 4. The number of alkyl halides is 3. The standard InChI is InChI=1S/C23H20ClF4N5O5/c24-14-5-10(18(25)17-13(14)9-33(20(17)36)15-1-2-16(34)31-19(15)35)8-30-22(37)38-12-6-11(7-12)32-4-3-29-21(32)23(26,27)28/h3-5,11-12,15H,1-2,6-9H2,(H,30,37)(H,31,34,35)/t11?,12?,15-/m0/s1. The number of alkyl carbamates (subject to hydrolysis) is 1. The van der Waals surface area contributed by atoms with Gasteiger partial charge in [0, 0.05) is 66.9 Å². The first kappa shape index (κ1) is 25.9. The number of halogens is 5. The minimum absolute atomic E-state index is 0.0393. The molecule has 5 rings (SSSR count). The zero-order valence-corrected chi connectivity index (χ0v) is 20.2. The van der Waals surface area contributed by atoms with Crippen molar-refractivity contribution in [1.29, 1.82) is 0 Å². The van der Waals surface area contributed by atoms with Crippen LogP contribution in [0.15, 0.2) is 18.5 Å².